The van der Waals surface area contributed by atoms with Crippen LogP contribution in [0, 0.1) is 0 Å². The molecule has 0 aliphatic carbocycles. The molecule has 0 aliphatic rings. The highest BCUT2D eigenvalue weighted by molar-refractivity contribution is 5.76. The van der Waals surface area contributed by atoms with Crippen LogP contribution in [-0.2, 0) is 9.53 Å². The molecule has 0 saturated heterocycles. The quantitative estimate of drug-likeness (QED) is 0.649. The molecule has 90 valence electrons. The van der Waals surface area contributed by atoms with Gasteiger partial charge in [-0.05, 0) is 20.3 Å². The van der Waals surface area contributed by atoms with Gasteiger partial charge in [-0.15, -0.1) is 10.2 Å². The van der Waals surface area contributed by atoms with E-state index in [2.05, 4.69) is 25.9 Å². The minimum atomic E-state index is -0.224. The molecule has 0 saturated carbocycles. The Morgan fingerprint density at radius 1 is 1.62 bits per heavy atom. The highest BCUT2D eigenvalue weighted by Crippen LogP contribution is 2.03. The Bertz CT molecular complexity index is 301. The third kappa shape index (κ3) is 4.35. The van der Waals surface area contributed by atoms with Crippen LogP contribution in [0.15, 0.2) is 0 Å². The van der Waals surface area contributed by atoms with E-state index in [4.69, 9.17) is 4.74 Å². The van der Waals surface area contributed by atoms with Crippen molar-refractivity contribution in [1.82, 2.24) is 25.9 Å². The average Bonchev–Trinajstić information content (AvgIpc) is 2.77. The average molecular weight is 227 g/mol. The standard InChI is InChI=1S/C9H17N5O2/c1-3-16-6-4-5-8(15)10-7(2)9-11-13-14-12-9/h7H,3-6H2,1-2H3,(H,10,15)(H,11,12,13,14). The van der Waals surface area contributed by atoms with E-state index < -0.39 is 0 Å². The number of rotatable bonds is 7. The highest BCUT2D eigenvalue weighted by Gasteiger charge is 2.12. The van der Waals surface area contributed by atoms with Crippen LogP contribution < -0.4 is 5.32 Å². The molecule has 1 amide bonds. The third-order valence-electron chi connectivity index (χ3n) is 2.02. The number of ether oxygens (including phenoxy) is 1. The Labute approximate surface area is 93.9 Å². The maximum absolute atomic E-state index is 11.5. The summed E-state index contributed by atoms with van der Waals surface area (Å²) in [5, 5.41) is 16.1. The lowest BCUT2D eigenvalue weighted by Gasteiger charge is -2.09. The summed E-state index contributed by atoms with van der Waals surface area (Å²) in [5.41, 5.74) is 0. The number of tetrazole rings is 1. The molecule has 1 unspecified atom stereocenters. The molecule has 2 N–H and O–H groups in total. The Hall–Kier alpha value is -1.50. The predicted molar refractivity (Wildman–Crippen MR) is 56.5 cm³/mol. The Balaban J connectivity index is 2.19. The first-order valence-electron chi connectivity index (χ1n) is 5.34. The van der Waals surface area contributed by atoms with Gasteiger partial charge in [-0.2, -0.15) is 5.21 Å². The van der Waals surface area contributed by atoms with Crippen LogP contribution in [0.3, 0.4) is 0 Å². The zero-order valence-corrected chi connectivity index (χ0v) is 9.56. The van der Waals surface area contributed by atoms with Gasteiger partial charge in [-0.1, -0.05) is 5.21 Å². The van der Waals surface area contributed by atoms with Crippen LogP contribution in [0.4, 0.5) is 0 Å². The van der Waals surface area contributed by atoms with Crippen LogP contribution in [0.1, 0.15) is 38.6 Å². The van der Waals surface area contributed by atoms with E-state index in [1.165, 1.54) is 0 Å². The molecular weight excluding hydrogens is 210 g/mol. The van der Waals surface area contributed by atoms with Crippen molar-refractivity contribution in [3.05, 3.63) is 5.82 Å². The van der Waals surface area contributed by atoms with Crippen LogP contribution in [-0.4, -0.2) is 39.7 Å². The smallest absolute Gasteiger partial charge is 0.220 e. The van der Waals surface area contributed by atoms with Crippen molar-refractivity contribution in [2.45, 2.75) is 32.7 Å². The van der Waals surface area contributed by atoms with Crippen LogP contribution in [0.25, 0.3) is 0 Å². The molecule has 1 rings (SSSR count). The van der Waals surface area contributed by atoms with E-state index in [0.717, 1.165) is 6.42 Å². The number of nitrogens with zero attached hydrogens (tertiary/aromatic N) is 3. The van der Waals surface area contributed by atoms with Gasteiger partial charge in [0.25, 0.3) is 0 Å². The van der Waals surface area contributed by atoms with Crippen molar-refractivity contribution in [3.8, 4) is 0 Å². The minimum Gasteiger partial charge on any atom is -0.382 e. The van der Waals surface area contributed by atoms with Crippen molar-refractivity contribution >= 4 is 5.91 Å². The predicted octanol–water partition coefficient (Wildman–Crippen LogP) is 0.194. The Morgan fingerprint density at radius 2 is 2.44 bits per heavy atom. The van der Waals surface area contributed by atoms with Crippen molar-refractivity contribution in [1.29, 1.82) is 0 Å². The van der Waals surface area contributed by atoms with E-state index in [9.17, 15) is 4.79 Å². The van der Waals surface area contributed by atoms with Gasteiger partial charge in [0.2, 0.25) is 5.91 Å². The monoisotopic (exact) mass is 227 g/mol. The maximum atomic E-state index is 11.5. The van der Waals surface area contributed by atoms with Crippen molar-refractivity contribution in [3.63, 3.8) is 0 Å². The largest absolute Gasteiger partial charge is 0.382 e. The van der Waals surface area contributed by atoms with Gasteiger partial charge in [0.15, 0.2) is 5.82 Å². The SMILES string of the molecule is CCOCCCC(=O)NC(C)c1nn[nH]n1. The first-order valence-corrected chi connectivity index (χ1v) is 5.34. The highest BCUT2D eigenvalue weighted by atomic mass is 16.5. The van der Waals surface area contributed by atoms with Crippen LogP contribution in [0.5, 0.6) is 0 Å². The van der Waals surface area contributed by atoms with E-state index in [-0.39, 0.29) is 11.9 Å². The molecule has 7 nitrogen and oxygen atoms in total. The summed E-state index contributed by atoms with van der Waals surface area (Å²) in [6.07, 6.45) is 1.17. The molecule has 7 heteroatoms. The first-order chi connectivity index (χ1) is 7.74. The summed E-state index contributed by atoms with van der Waals surface area (Å²) < 4.78 is 5.14. The molecule has 0 radical (unpaired) electrons. The van der Waals surface area contributed by atoms with Gasteiger partial charge in [0, 0.05) is 19.6 Å². The number of hydrogen-bond acceptors (Lipinski definition) is 5. The van der Waals surface area contributed by atoms with Gasteiger partial charge in [-0.25, -0.2) is 0 Å². The second-order valence-electron chi connectivity index (χ2n) is 3.36. The molecule has 0 aliphatic heterocycles. The first kappa shape index (κ1) is 12.6. The van der Waals surface area contributed by atoms with Gasteiger partial charge < -0.3 is 10.1 Å². The van der Waals surface area contributed by atoms with Crippen molar-refractivity contribution in [2.24, 2.45) is 0 Å². The molecule has 1 heterocycles. The lowest BCUT2D eigenvalue weighted by molar-refractivity contribution is -0.122. The zero-order chi connectivity index (χ0) is 11.8. The summed E-state index contributed by atoms with van der Waals surface area (Å²) in [7, 11) is 0. The second kappa shape index (κ2) is 6.89. The lowest BCUT2D eigenvalue weighted by atomic mass is 10.2. The normalized spacial score (nSPS) is 12.4. The summed E-state index contributed by atoms with van der Waals surface area (Å²) >= 11 is 0. The van der Waals surface area contributed by atoms with E-state index in [1.807, 2.05) is 13.8 Å². The van der Waals surface area contributed by atoms with Gasteiger partial charge >= 0.3 is 0 Å². The fourth-order valence-electron chi connectivity index (χ4n) is 1.21. The van der Waals surface area contributed by atoms with Crippen LogP contribution in [0.2, 0.25) is 0 Å². The number of hydrogen-bond donors (Lipinski definition) is 2. The molecular formula is C9H17N5O2. The molecule has 0 fully saturated rings. The molecule has 1 aromatic rings. The minimum absolute atomic E-state index is 0.0306. The lowest BCUT2D eigenvalue weighted by Crippen LogP contribution is -2.27. The Kier molecular flexibility index (Phi) is 5.41. The van der Waals surface area contributed by atoms with E-state index in [1.54, 1.807) is 0 Å². The fourth-order valence-corrected chi connectivity index (χ4v) is 1.21. The number of aromatic amines is 1. The third-order valence-corrected chi connectivity index (χ3v) is 2.02. The number of carbonyl (C=O) groups excluding carboxylic acids is 1. The van der Waals surface area contributed by atoms with Gasteiger partial charge in [-0.3, -0.25) is 4.79 Å². The van der Waals surface area contributed by atoms with Gasteiger partial charge in [0.1, 0.15) is 0 Å². The zero-order valence-electron chi connectivity index (χ0n) is 9.56. The van der Waals surface area contributed by atoms with Crippen molar-refractivity contribution in [2.75, 3.05) is 13.2 Å². The number of aromatic nitrogens is 4. The van der Waals surface area contributed by atoms with Crippen LogP contribution >= 0.6 is 0 Å². The summed E-state index contributed by atoms with van der Waals surface area (Å²) in [6, 6.07) is -0.224. The molecule has 0 spiro atoms. The number of nitrogens with one attached hydrogen (secondary N) is 2. The number of H-pyrrole nitrogens is 1. The summed E-state index contributed by atoms with van der Waals surface area (Å²) in [4.78, 5) is 11.5. The number of carbonyl (C=O) groups is 1. The second-order valence-corrected chi connectivity index (χ2v) is 3.36. The van der Waals surface area contributed by atoms with Crippen molar-refractivity contribution < 1.29 is 9.53 Å². The molecule has 16 heavy (non-hydrogen) atoms. The summed E-state index contributed by atoms with van der Waals surface area (Å²) in [6.45, 7) is 5.03. The topological polar surface area (TPSA) is 92.8 Å². The molecule has 0 aromatic carbocycles. The van der Waals surface area contributed by atoms with E-state index in [0.29, 0.717) is 25.5 Å². The Morgan fingerprint density at radius 3 is 3.06 bits per heavy atom. The fraction of sp³-hybridized carbons (Fsp3) is 0.778. The maximum Gasteiger partial charge on any atom is 0.220 e. The molecule has 0 bridgehead atoms. The molecule has 1 aromatic heterocycles. The molecule has 1 atom stereocenters. The summed E-state index contributed by atoms with van der Waals surface area (Å²) in [5.74, 6) is 0.454. The van der Waals surface area contributed by atoms with Gasteiger partial charge in [0.05, 0.1) is 6.04 Å². The van der Waals surface area contributed by atoms with E-state index >= 15 is 0 Å². The number of amides is 1.